The maximum atomic E-state index is 12.7. The number of hydrogen-bond donors (Lipinski definition) is 1. The molecule has 2 aliphatic heterocycles. The number of rotatable bonds is 8. The summed E-state index contributed by atoms with van der Waals surface area (Å²) in [6, 6.07) is 8.96. The summed E-state index contributed by atoms with van der Waals surface area (Å²) in [6.07, 6.45) is 5.31. The van der Waals surface area contributed by atoms with Crippen molar-refractivity contribution in [2.45, 2.75) is 65.5 Å². The predicted molar refractivity (Wildman–Crippen MR) is 127 cm³/mol. The van der Waals surface area contributed by atoms with Crippen LogP contribution >= 0.6 is 0 Å². The first kappa shape index (κ1) is 23.0. The summed E-state index contributed by atoms with van der Waals surface area (Å²) in [5, 5.41) is 3.24. The van der Waals surface area contributed by atoms with Gasteiger partial charge in [-0.3, -0.25) is 14.6 Å². The van der Waals surface area contributed by atoms with Crippen molar-refractivity contribution in [1.82, 2.24) is 20.1 Å². The fraction of sp³-hybridized carbons (Fsp3) is 0.615. The number of nitrogens with one attached hydrogen (secondary N) is 1. The molecule has 1 aromatic heterocycles. The van der Waals surface area contributed by atoms with Gasteiger partial charge in [-0.1, -0.05) is 26.0 Å². The lowest BCUT2D eigenvalue weighted by Crippen LogP contribution is -2.44. The Balaban J connectivity index is 1.26. The van der Waals surface area contributed by atoms with Crippen molar-refractivity contribution < 1.29 is 9.21 Å². The molecule has 2 aliphatic rings. The number of carbonyl (C=O) groups excluding carboxylic acids is 1. The maximum Gasteiger partial charge on any atom is 0.226 e. The molecule has 1 aromatic carbocycles. The van der Waals surface area contributed by atoms with E-state index < -0.39 is 0 Å². The third-order valence-corrected chi connectivity index (χ3v) is 7.25. The summed E-state index contributed by atoms with van der Waals surface area (Å²) in [5.41, 5.74) is 3.34. The molecule has 1 unspecified atom stereocenters. The van der Waals surface area contributed by atoms with Crippen molar-refractivity contribution in [3.8, 4) is 11.5 Å². The Kier molecular flexibility index (Phi) is 7.63. The van der Waals surface area contributed by atoms with Gasteiger partial charge >= 0.3 is 0 Å². The minimum absolute atomic E-state index is 0.133. The summed E-state index contributed by atoms with van der Waals surface area (Å²) in [5.74, 6) is 1.95. The Morgan fingerprint density at radius 2 is 1.88 bits per heavy atom. The van der Waals surface area contributed by atoms with Gasteiger partial charge < -0.3 is 9.73 Å². The van der Waals surface area contributed by atoms with Crippen LogP contribution in [0.2, 0.25) is 0 Å². The van der Waals surface area contributed by atoms with E-state index in [1.54, 1.807) is 0 Å². The number of likely N-dealkylation sites (N-methyl/N-ethyl adjacent to an activating group) is 1. The summed E-state index contributed by atoms with van der Waals surface area (Å²) in [6.45, 7) is 12.0. The average Bonchev–Trinajstić information content (AvgIpc) is 3.44. The summed E-state index contributed by atoms with van der Waals surface area (Å²) >= 11 is 0. The second-order valence-electron chi connectivity index (χ2n) is 9.29. The number of piperidine rings is 1. The molecule has 2 fully saturated rings. The van der Waals surface area contributed by atoms with Gasteiger partial charge in [0.05, 0.1) is 5.69 Å². The number of aromatic nitrogens is 1. The average molecular weight is 439 g/mol. The molecule has 2 saturated heterocycles. The number of hydrogen-bond acceptors (Lipinski definition) is 5. The van der Waals surface area contributed by atoms with Gasteiger partial charge in [-0.2, -0.15) is 0 Å². The molecule has 174 valence electrons. The molecular weight excluding hydrogens is 400 g/mol. The molecule has 32 heavy (non-hydrogen) atoms. The van der Waals surface area contributed by atoms with E-state index in [1.165, 1.54) is 24.9 Å². The van der Waals surface area contributed by atoms with Crippen LogP contribution in [0.4, 0.5) is 0 Å². The van der Waals surface area contributed by atoms with Gasteiger partial charge in [-0.15, -0.1) is 0 Å². The number of aryl methyl sites for hydroxylation is 2. The minimum Gasteiger partial charge on any atom is -0.441 e. The van der Waals surface area contributed by atoms with E-state index in [0.717, 1.165) is 69.0 Å². The molecule has 0 spiro atoms. The van der Waals surface area contributed by atoms with Gasteiger partial charge in [-0.05, 0) is 82.9 Å². The molecule has 1 atom stereocenters. The Morgan fingerprint density at radius 3 is 2.56 bits per heavy atom. The monoisotopic (exact) mass is 438 g/mol. The van der Waals surface area contributed by atoms with Crippen molar-refractivity contribution in [2.24, 2.45) is 5.92 Å². The minimum atomic E-state index is 0.133. The first-order valence-electron chi connectivity index (χ1n) is 12.4. The van der Waals surface area contributed by atoms with Crippen LogP contribution in [0.1, 0.15) is 56.5 Å². The smallest absolute Gasteiger partial charge is 0.226 e. The fourth-order valence-electron chi connectivity index (χ4n) is 5.05. The van der Waals surface area contributed by atoms with Crippen LogP contribution in [-0.2, 0) is 17.8 Å². The number of amides is 1. The molecule has 2 aromatic rings. The van der Waals surface area contributed by atoms with Crippen LogP contribution in [0.5, 0.6) is 0 Å². The molecule has 6 nitrogen and oxygen atoms in total. The molecule has 6 heteroatoms. The van der Waals surface area contributed by atoms with E-state index in [4.69, 9.17) is 9.40 Å². The van der Waals surface area contributed by atoms with Crippen molar-refractivity contribution in [2.75, 3.05) is 32.7 Å². The maximum absolute atomic E-state index is 12.7. The van der Waals surface area contributed by atoms with Crippen LogP contribution in [0.3, 0.4) is 0 Å². The Hall–Kier alpha value is -2.18. The zero-order valence-corrected chi connectivity index (χ0v) is 19.9. The summed E-state index contributed by atoms with van der Waals surface area (Å²) < 4.78 is 5.97. The van der Waals surface area contributed by atoms with Gasteiger partial charge in [-0.25, -0.2) is 4.98 Å². The van der Waals surface area contributed by atoms with Crippen LogP contribution in [-0.4, -0.2) is 59.5 Å². The molecule has 1 N–H and O–H groups in total. The number of likely N-dealkylation sites (tertiary alicyclic amines) is 2. The molecule has 0 aliphatic carbocycles. The highest BCUT2D eigenvalue weighted by molar-refractivity contribution is 5.78. The number of benzene rings is 1. The van der Waals surface area contributed by atoms with Crippen molar-refractivity contribution in [3.05, 3.63) is 41.3 Å². The molecular formula is C26H38N4O2. The first-order valence-corrected chi connectivity index (χ1v) is 12.4. The highest BCUT2D eigenvalue weighted by Gasteiger charge is 2.28. The first-order chi connectivity index (χ1) is 15.6. The fourth-order valence-corrected chi connectivity index (χ4v) is 5.05. The molecule has 0 bridgehead atoms. The van der Waals surface area contributed by atoms with Crippen LogP contribution in [0, 0.1) is 12.8 Å². The SMILES string of the molecule is CCc1ccc(-c2nc(CN3CCC(C(=O)NCC4CCCN4CC)CC3)c(C)o2)cc1. The number of nitrogens with zero attached hydrogens (tertiary/aromatic N) is 3. The highest BCUT2D eigenvalue weighted by atomic mass is 16.4. The number of carbonyl (C=O) groups is 1. The summed E-state index contributed by atoms with van der Waals surface area (Å²) in [7, 11) is 0. The Labute approximate surface area is 192 Å². The van der Waals surface area contributed by atoms with Crippen molar-refractivity contribution in [3.63, 3.8) is 0 Å². The Morgan fingerprint density at radius 1 is 1.12 bits per heavy atom. The lowest BCUT2D eigenvalue weighted by Gasteiger charge is -2.31. The highest BCUT2D eigenvalue weighted by Crippen LogP contribution is 2.25. The van der Waals surface area contributed by atoms with Gasteiger partial charge in [0.2, 0.25) is 11.8 Å². The Bertz CT molecular complexity index is 884. The summed E-state index contributed by atoms with van der Waals surface area (Å²) in [4.78, 5) is 22.4. The van der Waals surface area contributed by atoms with E-state index in [9.17, 15) is 4.79 Å². The predicted octanol–water partition coefficient (Wildman–Crippen LogP) is 4.02. The normalized spacial score (nSPS) is 20.7. The van der Waals surface area contributed by atoms with Gasteiger partial charge in [0.15, 0.2) is 0 Å². The molecule has 1 amide bonds. The topological polar surface area (TPSA) is 61.6 Å². The molecule has 3 heterocycles. The van der Waals surface area contributed by atoms with E-state index in [2.05, 4.69) is 53.2 Å². The van der Waals surface area contributed by atoms with Gasteiger partial charge in [0.25, 0.3) is 0 Å². The second kappa shape index (κ2) is 10.6. The number of oxazole rings is 1. The third kappa shape index (κ3) is 5.41. The zero-order valence-electron chi connectivity index (χ0n) is 19.9. The second-order valence-corrected chi connectivity index (χ2v) is 9.29. The van der Waals surface area contributed by atoms with Crippen molar-refractivity contribution >= 4 is 5.91 Å². The van der Waals surface area contributed by atoms with Gasteiger partial charge in [0, 0.05) is 30.6 Å². The van der Waals surface area contributed by atoms with E-state index in [0.29, 0.717) is 11.9 Å². The standard InChI is InChI=1S/C26H38N4O2/c1-4-20-8-10-22(11-9-20)26-28-24(19(3)32-26)18-29-15-12-21(13-16-29)25(31)27-17-23-7-6-14-30(23)5-2/h8-11,21,23H,4-7,12-18H2,1-3H3,(H,27,31). The van der Waals surface area contributed by atoms with E-state index >= 15 is 0 Å². The molecule has 0 radical (unpaired) electrons. The zero-order chi connectivity index (χ0) is 22.5. The lowest BCUT2D eigenvalue weighted by atomic mass is 9.95. The van der Waals surface area contributed by atoms with Crippen LogP contribution in [0.25, 0.3) is 11.5 Å². The van der Waals surface area contributed by atoms with Crippen LogP contribution < -0.4 is 5.32 Å². The lowest BCUT2D eigenvalue weighted by molar-refractivity contribution is -0.126. The quantitative estimate of drug-likeness (QED) is 0.674. The molecule has 0 saturated carbocycles. The largest absolute Gasteiger partial charge is 0.441 e. The van der Waals surface area contributed by atoms with E-state index in [-0.39, 0.29) is 11.8 Å². The van der Waals surface area contributed by atoms with Crippen LogP contribution in [0.15, 0.2) is 28.7 Å². The van der Waals surface area contributed by atoms with E-state index in [1.807, 2.05) is 6.92 Å². The molecule has 4 rings (SSSR count). The van der Waals surface area contributed by atoms with Gasteiger partial charge in [0.1, 0.15) is 5.76 Å². The van der Waals surface area contributed by atoms with Crippen molar-refractivity contribution in [1.29, 1.82) is 0 Å². The third-order valence-electron chi connectivity index (χ3n) is 7.25.